The maximum Gasteiger partial charge on any atom is 0.109 e. The lowest BCUT2D eigenvalue weighted by Crippen LogP contribution is -2.09. The van der Waals surface area contributed by atoms with Gasteiger partial charge >= 0.3 is 0 Å². The largest absolute Gasteiger partial charge is 0.399 e. The molecule has 3 nitrogen and oxygen atoms in total. The van der Waals surface area contributed by atoms with Crippen LogP contribution in [0.2, 0.25) is 0 Å². The molecule has 0 saturated heterocycles. The number of imidazole rings is 1. The van der Waals surface area contributed by atoms with Crippen LogP contribution in [0.3, 0.4) is 0 Å². The summed E-state index contributed by atoms with van der Waals surface area (Å²) in [5, 5.41) is 0. The molecule has 1 aromatic heterocycles. The smallest absolute Gasteiger partial charge is 0.109 e. The highest BCUT2D eigenvalue weighted by atomic mass is 15.1. The van der Waals surface area contributed by atoms with Crippen molar-refractivity contribution < 1.29 is 0 Å². The zero-order chi connectivity index (χ0) is 12.7. The molecular formula is C15H21N3. The highest BCUT2D eigenvalue weighted by Crippen LogP contribution is 2.38. The Labute approximate surface area is 108 Å². The number of aromatic nitrogens is 2. The first kappa shape index (κ1) is 11.6. The van der Waals surface area contributed by atoms with Gasteiger partial charge in [-0.1, -0.05) is 19.8 Å². The second-order valence-electron chi connectivity index (χ2n) is 5.53. The molecule has 2 aromatic rings. The normalized spacial score (nSPS) is 17.2. The van der Waals surface area contributed by atoms with Crippen molar-refractivity contribution in [2.24, 2.45) is 5.92 Å². The Morgan fingerprint density at radius 1 is 1.44 bits per heavy atom. The Kier molecular flexibility index (Phi) is 2.77. The van der Waals surface area contributed by atoms with Crippen LogP contribution >= 0.6 is 0 Å². The quantitative estimate of drug-likeness (QED) is 0.835. The van der Waals surface area contributed by atoms with E-state index in [4.69, 9.17) is 10.7 Å². The summed E-state index contributed by atoms with van der Waals surface area (Å²) >= 11 is 0. The predicted octanol–water partition coefficient (Wildman–Crippen LogP) is 3.54. The minimum atomic E-state index is 0.543. The van der Waals surface area contributed by atoms with Crippen molar-refractivity contribution in [3.05, 3.63) is 24.0 Å². The Morgan fingerprint density at radius 2 is 2.22 bits per heavy atom. The Hall–Kier alpha value is -1.51. The second kappa shape index (κ2) is 4.30. The molecule has 0 bridgehead atoms. The number of nitrogen functional groups attached to an aromatic ring is 1. The van der Waals surface area contributed by atoms with Crippen molar-refractivity contribution in [3.63, 3.8) is 0 Å². The van der Waals surface area contributed by atoms with Crippen LogP contribution in [-0.2, 0) is 6.42 Å². The molecule has 0 radical (unpaired) electrons. The molecule has 96 valence electrons. The van der Waals surface area contributed by atoms with Crippen LogP contribution in [-0.4, -0.2) is 9.55 Å². The summed E-state index contributed by atoms with van der Waals surface area (Å²) in [7, 11) is 0. The third-order valence-corrected chi connectivity index (χ3v) is 3.91. The molecule has 1 fully saturated rings. The Bertz CT molecular complexity index is 566. The average molecular weight is 243 g/mol. The Balaban J connectivity index is 2.06. The summed E-state index contributed by atoms with van der Waals surface area (Å²) < 4.78 is 2.41. The van der Waals surface area contributed by atoms with Crippen molar-refractivity contribution >= 4 is 16.7 Å². The molecule has 2 N–H and O–H groups in total. The van der Waals surface area contributed by atoms with E-state index < -0.39 is 0 Å². The standard InChI is InChI=1S/C15H21N3/c1-3-15-17-13-9-12(16)6-7-14(13)18(15)10(2)8-11-4-5-11/h6-7,9-11H,3-5,8,16H2,1-2H3. The highest BCUT2D eigenvalue weighted by Gasteiger charge is 2.25. The first-order valence-corrected chi connectivity index (χ1v) is 6.95. The van der Waals surface area contributed by atoms with Crippen LogP contribution in [0.5, 0.6) is 0 Å². The van der Waals surface area contributed by atoms with Crippen LogP contribution in [0.25, 0.3) is 11.0 Å². The minimum Gasteiger partial charge on any atom is -0.399 e. The van der Waals surface area contributed by atoms with Crippen molar-refractivity contribution in [1.29, 1.82) is 0 Å². The molecule has 0 amide bonds. The Morgan fingerprint density at radius 3 is 2.89 bits per heavy atom. The van der Waals surface area contributed by atoms with E-state index in [-0.39, 0.29) is 0 Å². The molecule has 1 aliphatic carbocycles. The van der Waals surface area contributed by atoms with Crippen LogP contribution in [0.1, 0.15) is 45.0 Å². The number of nitrogens with two attached hydrogens (primary N) is 1. The van der Waals surface area contributed by atoms with E-state index in [1.54, 1.807) is 0 Å². The van der Waals surface area contributed by atoms with E-state index in [0.717, 1.165) is 23.5 Å². The summed E-state index contributed by atoms with van der Waals surface area (Å²) in [4.78, 5) is 4.72. The van der Waals surface area contributed by atoms with Gasteiger partial charge in [-0.3, -0.25) is 0 Å². The van der Waals surface area contributed by atoms with E-state index in [2.05, 4.69) is 24.5 Å². The van der Waals surface area contributed by atoms with E-state index in [1.165, 1.54) is 30.6 Å². The van der Waals surface area contributed by atoms with E-state index in [1.807, 2.05) is 12.1 Å². The zero-order valence-electron chi connectivity index (χ0n) is 11.2. The van der Waals surface area contributed by atoms with Gasteiger partial charge in [0.15, 0.2) is 0 Å². The average Bonchev–Trinajstić information content (AvgIpc) is 3.07. The molecule has 3 heteroatoms. The molecule has 1 heterocycles. The lowest BCUT2D eigenvalue weighted by atomic mass is 10.1. The van der Waals surface area contributed by atoms with Crippen molar-refractivity contribution in [1.82, 2.24) is 9.55 Å². The van der Waals surface area contributed by atoms with Gasteiger partial charge < -0.3 is 10.3 Å². The molecule has 1 aliphatic rings. The number of fused-ring (bicyclic) bond motifs is 1. The fourth-order valence-corrected chi connectivity index (χ4v) is 2.85. The molecular weight excluding hydrogens is 222 g/mol. The van der Waals surface area contributed by atoms with Gasteiger partial charge in [-0.05, 0) is 37.5 Å². The number of rotatable bonds is 4. The number of anilines is 1. The van der Waals surface area contributed by atoms with Gasteiger partial charge in [-0.15, -0.1) is 0 Å². The molecule has 18 heavy (non-hydrogen) atoms. The summed E-state index contributed by atoms with van der Waals surface area (Å²) in [5.74, 6) is 2.12. The van der Waals surface area contributed by atoms with Crippen molar-refractivity contribution in [2.45, 2.75) is 45.6 Å². The third-order valence-electron chi connectivity index (χ3n) is 3.91. The van der Waals surface area contributed by atoms with E-state index >= 15 is 0 Å². The second-order valence-corrected chi connectivity index (χ2v) is 5.53. The first-order chi connectivity index (χ1) is 8.69. The summed E-state index contributed by atoms with van der Waals surface area (Å²) in [5.41, 5.74) is 8.91. The molecule has 0 aliphatic heterocycles. The van der Waals surface area contributed by atoms with Crippen LogP contribution in [0, 0.1) is 5.92 Å². The first-order valence-electron chi connectivity index (χ1n) is 6.95. The number of hydrogen-bond donors (Lipinski definition) is 1. The highest BCUT2D eigenvalue weighted by molar-refractivity contribution is 5.79. The van der Waals surface area contributed by atoms with Crippen molar-refractivity contribution in [2.75, 3.05) is 5.73 Å². The van der Waals surface area contributed by atoms with Gasteiger partial charge in [-0.2, -0.15) is 0 Å². The summed E-state index contributed by atoms with van der Waals surface area (Å²) in [6.45, 7) is 4.49. The fraction of sp³-hybridized carbons (Fsp3) is 0.533. The molecule has 1 saturated carbocycles. The molecule has 1 atom stereocenters. The lowest BCUT2D eigenvalue weighted by molar-refractivity contribution is 0.473. The maximum atomic E-state index is 5.84. The van der Waals surface area contributed by atoms with Crippen molar-refractivity contribution in [3.8, 4) is 0 Å². The van der Waals surface area contributed by atoms with Gasteiger partial charge in [0.05, 0.1) is 11.0 Å². The SMILES string of the molecule is CCc1nc2cc(N)ccc2n1C(C)CC1CC1. The van der Waals surface area contributed by atoms with Crippen LogP contribution in [0.15, 0.2) is 18.2 Å². The van der Waals surface area contributed by atoms with Gasteiger partial charge in [0.2, 0.25) is 0 Å². The van der Waals surface area contributed by atoms with Gasteiger partial charge in [-0.25, -0.2) is 4.98 Å². The number of aryl methyl sites for hydroxylation is 1. The summed E-state index contributed by atoms with van der Waals surface area (Å²) in [6.07, 6.45) is 5.07. The lowest BCUT2D eigenvalue weighted by Gasteiger charge is -2.17. The predicted molar refractivity (Wildman–Crippen MR) is 75.6 cm³/mol. The third kappa shape index (κ3) is 1.98. The number of hydrogen-bond acceptors (Lipinski definition) is 2. The minimum absolute atomic E-state index is 0.543. The van der Waals surface area contributed by atoms with Crippen LogP contribution < -0.4 is 5.73 Å². The molecule has 3 rings (SSSR count). The fourth-order valence-electron chi connectivity index (χ4n) is 2.85. The number of nitrogens with zero attached hydrogens (tertiary/aromatic N) is 2. The van der Waals surface area contributed by atoms with Crippen LogP contribution in [0.4, 0.5) is 5.69 Å². The summed E-state index contributed by atoms with van der Waals surface area (Å²) in [6, 6.07) is 6.61. The maximum absolute atomic E-state index is 5.84. The van der Waals surface area contributed by atoms with E-state index in [0.29, 0.717) is 6.04 Å². The number of benzene rings is 1. The van der Waals surface area contributed by atoms with Gasteiger partial charge in [0.25, 0.3) is 0 Å². The van der Waals surface area contributed by atoms with Gasteiger partial charge in [0, 0.05) is 18.2 Å². The molecule has 1 unspecified atom stereocenters. The zero-order valence-corrected chi connectivity index (χ0v) is 11.2. The molecule has 1 aromatic carbocycles. The monoisotopic (exact) mass is 243 g/mol. The topological polar surface area (TPSA) is 43.8 Å². The van der Waals surface area contributed by atoms with E-state index in [9.17, 15) is 0 Å². The van der Waals surface area contributed by atoms with Gasteiger partial charge in [0.1, 0.15) is 5.82 Å². The molecule has 0 spiro atoms.